The van der Waals surface area contributed by atoms with Gasteiger partial charge in [-0.15, -0.1) is 0 Å². The first kappa shape index (κ1) is 16.6. The molecule has 1 aromatic rings. The van der Waals surface area contributed by atoms with Crippen LogP contribution in [0.3, 0.4) is 0 Å². The van der Waals surface area contributed by atoms with E-state index in [0.717, 1.165) is 31.5 Å². The van der Waals surface area contributed by atoms with E-state index in [4.69, 9.17) is 23.2 Å². The van der Waals surface area contributed by atoms with Crippen molar-refractivity contribution in [2.45, 2.75) is 45.2 Å². The standard InChI is InChI=1S/C16H22Cl2N2O/c1-11(13-7-6-8-14(17)15(13)18)19-12(2)16(21)20-9-4-3-5-10-20/h6-8,11-12,19H,3-5,9-10H2,1-2H3. The van der Waals surface area contributed by atoms with Crippen LogP contribution in [0.4, 0.5) is 0 Å². The van der Waals surface area contributed by atoms with Crippen LogP contribution in [0.25, 0.3) is 0 Å². The van der Waals surface area contributed by atoms with Gasteiger partial charge in [-0.3, -0.25) is 10.1 Å². The molecular weight excluding hydrogens is 307 g/mol. The number of carbonyl (C=O) groups excluding carboxylic acids is 1. The number of nitrogens with zero attached hydrogens (tertiary/aromatic N) is 1. The molecule has 1 saturated heterocycles. The van der Waals surface area contributed by atoms with Crippen LogP contribution in [-0.4, -0.2) is 29.9 Å². The molecule has 0 spiro atoms. The SMILES string of the molecule is CC(NC(C)c1cccc(Cl)c1Cl)C(=O)N1CCCCC1. The predicted octanol–water partition coefficient (Wildman–Crippen LogP) is 4.05. The molecule has 2 unspecified atom stereocenters. The van der Waals surface area contributed by atoms with Gasteiger partial charge in [0, 0.05) is 19.1 Å². The van der Waals surface area contributed by atoms with Gasteiger partial charge in [-0.05, 0) is 44.7 Å². The van der Waals surface area contributed by atoms with Gasteiger partial charge in [0.25, 0.3) is 0 Å². The van der Waals surface area contributed by atoms with E-state index in [2.05, 4.69) is 5.32 Å². The van der Waals surface area contributed by atoms with Crippen LogP contribution in [-0.2, 0) is 4.79 Å². The van der Waals surface area contributed by atoms with E-state index in [-0.39, 0.29) is 18.0 Å². The van der Waals surface area contributed by atoms with Crippen molar-refractivity contribution >= 4 is 29.1 Å². The molecule has 1 aromatic carbocycles. The summed E-state index contributed by atoms with van der Waals surface area (Å²) in [6.45, 7) is 5.65. The number of rotatable bonds is 4. The van der Waals surface area contributed by atoms with Gasteiger partial charge in [0.1, 0.15) is 0 Å². The summed E-state index contributed by atoms with van der Waals surface area (Å²) >= 11 is 12.3. The monoisotopic (exact) mass is 328 g/mol. The zero-order valence-electron chi connectivity index (χ0n) is 12.5. The summed E-state index contributed by atoms with van der Waals surface area (Å²) in [6, 6.07) is 5.32. The Kier molecular flexibility index (Phi) is 5.91. The van der Waals surface area contributed by atoms with Crippen molar-refractivity contribution in [1.29, 1.82) is 0 Å². The molecule has 1 aliphatic heterocycles. The number of carbonyl (C=O) groups is 1. The molecule has 1 fully saturated rings. The normalized spacial score (nSPS) is 18.4. The van der Waals surface area contributed by atoms with Crippen molar-refractivity contribution in [2.75, 3.05) is 13.1 Å². The van der Waals surface area contributed by atoms with Crippen LogP contribution >= 0.6 is 23.2 Å². The Morgan fingerprint density at radius 1 is 1.19 bits per heavy atom. The molecule has 116 valence electrons. The third kappa shape index (κ3) is 4.12. The highest BCUT2D eigenvalue weighted by molar-refractivity contribution is 6.42. The molecule has 2 rings (SSSR count). The third-order valence-corrected chi connectivity index (χ3v) is 4.82. The maximum absolute atomic E-state index is 12.4. The molecule has 0 aromatic heterocycles. The predicted molar refractivity (Wildman–Crippen MR) is 87.9 cm³/mol. The summed E-state index contributed by atoms with van der Waals surface area (Å²) in [5.41, 5.74) is 0.919. The van der Waals surface area contributed by atoms with Crippen molar-refractivity contribution in [3.63, 3.8) is 0 Å². The van der Waals surface area contributed by atoms with Gasteiger partial charge in [-0.2, -0.15) is 0 Å². The fraction of sp³-hybridized carbons (Fsp3) is 0.562. The maximum Gasteiger partial charge on any atom is 0.239 e. The smallest absolute Gasteiger partial charge is 0.239 e. The second-order valence-corrected chi connectivity index (χ2v) is 6.42. The first-order chi connectivity index (χ1) is 10.0. The Morgan fingerprint density at radius 3 is 2.52 bits per heavy atom. The van der Waals surface area contributed by atoms with Crippen LogP contribution in [0.15, 0.2) is 18.2 Å². The van der Waals surface area contributed by atoms with E-state index in [1.807, 2.05) is 30.9 Å². The summed E-state index contributed by atoms with van der Waals surface area (Å²) in [5.74, 6) is 0.166. The fourth-order valence-corrected chi connectivity index (χ4v) is 3.25. The van der Waals surface area contributed by atoms with E-state index in [9.17, 15) is 4.79 Å². The minimum atomic E-state index is -0.229. The third-order valence-electron chi connectivity index (χ3n) is 3.99. The van der Waals surface area contributed by atoms with E-state index in [1.165, 1.54) is 6.42 Å². The van der Waals surface area contributed by atoms with Crippen molar-refractivity contribution < 1.29 is 4.79 Å². The van der Waals surface area contributed by atoms with Crippen LogP contribution in [0.5, 0.6) is 0 Å². The summed E-state index contributed by atoms with van der Waals surface area (Å²) in [6.07, 6.45) is 3.43. The zero-order chi connectivity index (χ0) is 15.4. The average molecular weight is 329 g/mol. The van der Waals surface area contributed by atoms with Gasteiger partial charge in [-0.1, -0.05) is 35.3 Å². The minimum Gasteiger partial charge on any atom is -0.341 e. The van der Waals surface area contributed by atoms with Gasteiger partial charge in [-0.25, -0.2) is 0 Å². The second kappa shape index (κ2) is 7.48. The van der Waals surface area contributed by atoms with Crippen molar-refractivity contribution in [3.8, 4) is 0 Å². The largest absolute Gasteiger partial charge is 0.341 e. The minimum absolute atomic E-state index is 0.0278. The lowest BCUT2D eigenvalue weighted by molar-refractivity contribution is -0.134. The molecule has 2 atom stereocenters. The first-order valence-electron chi connectivity index (χ1n) is 7.49. The fourth-order valence-electron chi connectivity index (χ4n) is 2.78. The molecular formula is C16H22Cl2N2O. The average Bonchev–Trinajstić information content (AvgIpc) is 2.50. The van der Waals surface area contributed by atoms with Gasteiger partial charge in [0.15, 0.2) is 0 Å². The van der Waals surface area contributed by atoms with Crippen LogP contribution < -0.4 is 5.32 Å². The number of amides is 1. The van der Waals surface area contributed by atoms with Crippen molar-refractivity contribution in [3.05, 3.63) is 33.8 Å². The lowest BCUT2D eigenvalue weighted by Crippen LogP contribution is -2.47. The van der Waals surface area contributed by atoms with Gasteiger partial charge < -0.3 is 4.90 Å². The van der Waals surface area contributed by atoms with E-state index >= 15 is 0 Å². The Morgan fingerprint density at radius 2 is 1.86 bits per heavy atom. The number of benzene rings is 1. The van der Waals surface area contributed by atoms with Gasteiger partial charge in [0.2, 0.25) is 5.91 Å². The first-order valence-corrected chi connectivity index (χ1v) is 8.25. The summed E-state index contributed by atoms with van der Waals surface area (Å²) in [4.78, 5) is 14.4. The Labute approximate surface area is 136 Å². The van der Waals surface area contributed by atoms with Crippen molar-refractivity contribution in [2.24, 2.45) is 0 Å². The number of likely N-dealkylation sites (tertiary alicyclic amines) is 1. The molecule has 5 heteroatoms. The molecule has 1 aliphatic rings. The molecule has 0 bridgehead atoms. The number of piperidine rings is 1. The molecule has 1 amide bonds. The lowest BCUT2D eigenvalue weighted by atomic mass is 10.1. The van der Waals surface area contributed by atoms with Gasteiger partial charge in [0.05, 0.1) is 16.1 Å². The van der Waals surface area contributed by atoms with E-state index in [1.54, 1.807) is 6.07 Å². The number of nitrogens with one attached hydrogen (secondary N) is 1. The molecule has 1 N–H and O–H groups in total. The van der Waals surface area contributed by atoms with E-state index in [0.29, 0.717) is 10.0 Å². The summed E-state index contributed by atoms with van der Waals surface area (Å²) < 4.78 is 0. The van der Waals surface area contributed by atoms with Crippen LogP contribution in [0, 0.1) is 0 Å². The molecule has 21 heavy (non-hydrogen) atoms. The highest BCUT2D eigenvalue weighted by Gasteiger charge is 2.24. The quantitative estimate of drug-likeness (QED) is 0.904. The molecule has 3 nitrogen and oxygen atoms in total. The number of halogens is 2. The van der Waals surface area contributed by atoms with E-state index < -0.39 is 0 Å². The zero-order valence-corrected chi connectivity index (χ0v) is 14.0. The molecule has 0 saturated carbocycles. The van der Waals surface area contributed by atoms with Crippen molar-refractivity contribution in [1.82, 2.24) is 10.2 Å². The molecule has 1 heterocycles. The highest BCUT2D eigenvalue weighted by Crippen LogP contribution is 2.30. The molecule has 0 radical (unpaired) electrons. The van der Waals surface area contributed by atoms with Gasteiger partial charge >= 0.3 is 0 Å². The maximum atomic E-state index is 12.4. The summed E-state index contributed by atoms with van der Waals surface area (Å²) in [5, 5.41) is 4.42. The van der Waals surface area contributed by atoms with Crippen LogP contribution in [0.1, 0.15) is 44.7 Å². The second-order valence-electron chi connectivity index (χ2n) is 5.64. The summed E-state index contributed by atoms with van der Waals surface area (Å²) in [7, 11) is 0. The lowest BCUT2D eigenvalue weighted by Gasteiger charge is -2.30. The number of hydrogen-bond acceptors (Lipinski definition) is 2. The Bertz CT molecular complexity index is 501. The topological polar surface area (TPSA) is 32.3 Å². The Hall–Kier alpha value is -0.770. The Balaban J connectivity index is 1.99. The molecule has 0 aliphatic carbocycles. The van der Waals surface area contributed by atoms with Crippen LogP contribution in [0.2, 0.25) is 10.0 Å². The highest BCUT2D eigenvalue weighted by atomic mass is 35.5. The number of hydrogen-bond donors (Lipinski definition) is 1.